The van der Waals surface area contributed by atoms with Crippen LogP contribution in [-0.4, -0.2) is 36.4 Å². The molecule has 0 radical (unpaired) electrons. The number of carbonyl (C=O) groups is 3. The van der Waals surface area contributed by atoms with E-state index in [1.54, 1.807) is 24.3 Å². The second kappa shape index (κ2) is 9.55. The lowest BCUT2D eigenvalue weighted by Gasteiger charge is -2.21. The lowest BCUT2D eigenvalue weighted by Crippen LogP contribution is -2.45. The van der Waals surface area contributed by atoms with E-state index in [1.165, 1.54) is 19.0 Å². The van der Waals surface area contributed by atoms with Crippen molar-refractivity contribution in [1.82, 2.24) is 10.4 Å². The molecule has 1 N–H and O–H groups in total. The highest BCUT2D eigenvalue weighted by Crippen LogP contribution is 2.04. The van der Waals surface area contributed by atoms with Crippen LogP contribution in [0.5, 0.6) is 0 Å². The topological polar surface area (TPSA) is 75.7 Å². The lowest BCUT2D eigenvalue weighted by atomic mass is 10.2. The zero-order chi connectivity index (χ0) is 16.4. The number of rotatable bonds is 7. The van der Waals surface area contributed by atoms with Gasteiger partial charge in [-0.15, -0.1) is 0 Å². The van der Waals surface area contributed by atoms with Gasteiger partial charge in [0.2, 0.25) is 5.91 Å². The third-order valence-electron chi connectivity index (χ3n) is 3.14. The molecule has 0 aliphatic rings. The minimum atomic E-state index is -0.314. The van der Waals surface area contributed by atoms with Gasteiger partial charge in [0.1, 0.15) is 0 Å². The highest BCUT2D eigenvalue weighted by molar-refractivity contribution is 5.95. The lowest BCUT2D eigenvalue weighted by molar-refractivity contribution is -0.140. The van der Waals surface area contributed by atoms with Crippen molar-refractivity contribution >= 4 is 17.8 Å². The third kappa shape index (κ3) is 6.39. The van der Waals surface area contributed by atoms with E-state index in [0.29, 0.717) is 31.4 Å². The highest BCUT2D eigenvalue weighted by atomic mass is 16.5. The summed E-state index contributed by atoms with van der Waals surface area (Å²) in [4.78, 5) is 34.6. The SMILES string of the molecule is COC(=O)CCCCCN(NC(=O)c1ccccc1)C(C)=O. The number of amides is 2. The summed E-state index contributed by atoms with van der Waals surface area (Å²) >= 11 is 0. The average molecular weight is 306 g/mol. The van der Waals surface area contributed by atoms with Crippen molar-refractivity contribution < 1.29 is 19.1 Å². The Bertz CT molecular complexity index is 502. The van der Waals surface area contributed by atoms with Gasteiger partial charge in [0.15, 0.2) is 0 Å². The van der Waals surface area contributed by atoms with Crippen molar-refractivity contribution in [1.29, 1.82) is 0 Å². The molecule has 22 heavy (non-hydrogen) atoms. The fourth-order valence-electron chi connectivity index (χ4n) is 1.89. The van der Waals surface area contributed by atoms with Crippen LogP contribution in [0.1, 0.15) is 43.0 Å². The minimum Gasteiger partial charge on any atom is -0.469 e. The largest absolute Gasteiger partial charge is 0.469 e. The minimum absolute atomic E-state index is 0.225. The summed E-state index contributed by atoms with van der Waals surface area (Å²) in [5.41, 5.74) is 3.10. The normalized spacial score (nSPS) is 9.91. The van der Waals surface area contributed by atoms with Crippen molar-refractivity contribution in [2.24, 2.45) is 0 Å². The van der Waals surface area contributed by atoms with Crippen molar-refractivity contribution in [3.63, 3.8) is 0 Å². The first-order valence-electron chi connectivity index (χ1n) is 7.25. The number of benzene rings is 1. The van der Waals surface area contributed by atoms with E-state index in [2.05, 4.69) is 10.2 Å². The number of hydrogen-bond donors (Lipinski definition) is 1. The van der Waals surface area contributed by atoms with Crippen molar-refractivity contribution in [2.45, 2.75) is 32.6 Å². The van der Waals surface area contributed by atoms with Crippen LogP contribution in [0.25, 0.3) is 0 Å². The molecule has 0 aliphatic carbocycles. The molecular formula is C16H22N2O4. The number of methoxy groups -OCH3 is 1. The summed E-state index contributed by atoms with van der Waals surface area (Å²) in [6.07, 6.45) is 2.55. The van der Waals surface area contributed by atoms with E-state index in [4.69, 9.17) is 0 Å². The summed E-state index contributed by atoms with van der Waals surface area (Å²) in [7, 11) is 1.36. The first kappa shape index (κ1) is 17.7. The summed E-state index contributed by atoms with van der Waals surface area (Å²) in [6.45, 7) is 1.81. The van der Waals surface area contributed by atoms with Crippen LogP contribution in [0.4, 0.5) is 0 Å². The van der Waals surface area contributed by atoms with Gasteiger partial charge in [0.05, 0.1) is 7.11 Å². The Kier molecular flexibility index (Phi) is 7.67. The Hall–Kier alpha value is -2.37. The molecule has 0 unspecified atom stereocenters. The van der Waals surface area contributed by atoms with E-state index in [0.717, 1.165) is 6.42 Å². The predicted octanol–water partition coefficient (Wildman–Crippen LogP) is 1.91. The predicted molar refractivity (Wildman–Crippen MR) is 81.8 cm³/mol. The van der Waals surface area contributed by atoms with Gasteiger partial charge >= 0.3 is 5.97 Å². The quantitative estimate of drug-likeness (QED) is 0.474. The van der Waals surface area contributed by atoms with E-state index in [-0.39, 0.29) is 17.8 Å². The molecule has 6 nitrogen and oxygen atoms in total. The Morgan fingerprint density at radius 2 is 1.77 bits per heavy atom. The number of hydrogen-bond acceptors (Lipinski definition) is 4. The summed E-state index contributed by atoms with van der Waals surface area (Å²) in [5, 5.41) is 1.30. The van der Waals surface area contributed by atoms with Gasteiger partial charge in [0, 0.05) is 25.5 Å². The molecule has 0 fully saturated rings. The Morgan fingerprint density at radius 3 is 2.36 bits per heavy atom. The van der Waals surface area contributed by atoms with Gasteiger partial charge in [0.25, 0.3) is 5.91 Å². The van der Waals surface area contributed by atoms with Crippen LogP contribution in [0.3, 0.4) is 0 Å². The maximum Gasteiger partial charge on any atom is 0.305 e. The van der Waals surface area contributed by atoms with Crippen LogP contribution in [0.2, 0.25) is 0 Å². The molecule has 0 aliphatic heterocycles. The number of carbonyl (C=O) groups excluding carboxylic acids is 3. The molecule has 1 aromatic rings. The third-order valence-corrected chi connectivity index (χ3v) is 3.14. The van der Waals surface area contributed by atoms with Crippen LogP contribution < -0.4 is 5.43 Å². The molecule has 0 spiro atoms. The molecule has 0 aromatic heterocycles. The molecule has 0 saturated heterocycles. The molecule has 1 aromatic carbocycles. The second-order valence-corrected chi connectivity index (χ2v) is 4.86. The standard InChI is InChI=1S/C16H22N2O4/c1-13(19)18(12-8-4-7-11-15(20)22-2)17-16(21)14-9-5-3-6-10-14/h3,5-6,9-10H,4,7-8,11-12H2,1-2H3,(H,17,21). The van der Waals surface area contributed by atoms with E-state index < -0.39 is 0 Å². The highest BCUT2D eigenvalue weighted by Gasteiger charge is 2.13. The number of unbranched alkanes of at least 4 members (excludes halogenated alkanes) is 2. The van der Waals surface area contributed by atoms with Crippen LogP contribution in [-0.2, 0) is 14.3 Å². The van der Waals surface area contributed by atoms with Crippen LogP contribution in [0, 0.1) is 0 Å². The first-order chi connectivity index (χ1) is 10.5. The van der Waals surface area contributed by atoms with Gasteiger partial charge < -0.3 is 4.74 Å². The monoisotopic (exact) mass is 306 g/mol. The molecule has 1 rings (SSSR count). The Morgan fingerprint density at radius 1 is 1.09 bits per heavy atom. The Labute approximate surface area is 130 Å². The van der Waals surface area contributed by atoms with Crippen LogP contribution in [0.15, 0.2) is 30.3 Å². The van der Waals surface area contributed by atoms with Gasteiger partial charge in [-0.3, -0.25) is 24.8 Å². The van der Waals surface area contributed by atoms with Gasteiger partial charge in [-0.1, -0.05) is 24.6 Å². The summed E-state index contributed by atoms with van der Waals surface area (Å²) < 4.78 is 4.56. The maximum absolute atomic E-state index is 12.0. The number of hydrazine groups is 1. The molecule has 0 atom stereocenters. The molecule has 0 bridgehead atoms. The summed E-state index contributed by atoms with van der Waals surface area (Å²) in [6, 6.07) is 8.72. The Balaban J connectivity index is 2.38. The van der Waals surface area contributed by atoms with Gasteiger partial charge in [-0.2, -0.15) is 0 Å². The number of esters is 1. The molecule has 6 heteroatoms. The molecule has 0 saturated carbocycles. The van der Waals surface area contributed by atoms with E-state index in [9.17, 15) is 14.4 Å². The van der Waals surface area contributed by atoms with Crippen molar-refractivity contribution in [3.05, 3.63) is 35.9 Å². The number of ether oxygens (including phenoxy) is 1. The maximum atomic E-state index is 12.0. The smallest absolute Gasteiger partial charge is 0.305 e. The number of nitrogens with zero attached hydrogens (tertiary/aromatic N) is 1. The first-order valence-corrected chi connectivity index (χ1v) is 7.25. The summed E-state index contributed by atoms with van der Waals surface area (Å²) in [5.74, 6) is -0.775. The van der Waals surface area contributed by atoms with Crippen molar-refractivity contribution in [2.75, 3.05) is 13.7 Å². The number of nitrogens with one attached hydrogen (secondary N) is 1. The van der Waals surface area contributed by atoms with E-state index in [1.807, 2.05) is 6.07 Å². The second-order valence-electron chi connectivity index (χ2n) is 4.86. The van der Waals surface area contributed by atoms with E-state index >= 15 is 0 Å². The zero-order valence-electron chi connectivity index (χ0n) is 13.0. The molecule has 120 valence electrons. The van der Waals surface area contributed by atoms with Gasteiger partial charge in [-0.05, 0) is 25.0 Å². The van der Waals surface area contributed by atoms with Crippen molar-refractivity contribution in [3.8, 4) is 0 Å². The average Bonchev–Trinajstić information content (AvgIpc) is 2.53. The molecule has 0 heterocycles. The fraction of sp³-hybridized carbons (Fsp3) is 0.438. The molecular weight excluding hydrogens is 284 g/mol. The van der Waals surface area contributed by atoms with Crippen LogP contribution >= 0.6 is 0 Å². The fourth-order valence-corrected chi connectivity index (χ4v) is 1.89. The zero-order valence-corrected chi connectivity index (χ0v) is 13.0. The molecule has 2 amide bonds. The van der Waals surface area contributed by atoms with Gasteiger partial charge in [-0.25, -0.2) is 0 Å².